The molecule has 3 amide bonds. The second-order valence-corrected chi connectivity index (χ2v) is 12.0. The van der Waals surface area contributed by atoms with Crippen molar-refractivity contribution in [2.24, 2.45) is 0 Å². The molecule has 6 heteroatoms. The van der Waals surface area contributed by atoms with Gasteiger partial charge in [0.15, 0.2) is 0 Å². The van der Waals surface area contributed by atoms with Gasteiger partial charge in [-0.25, -0.2) is 4.79 Å². The summed E-state index contributed by atoms with van der Waals surface area (Å²) in [5, 5.41) is 3.24. The molecule has 3 aromatic rings. The molecule has 0 spiro atoms. The molecule has 41 heavy (non-hydrogen) atoms. The Labute approximate surface area is 245 Å². The average Bonchev–Trinajstić information content (AvgIpc) is 3.49. The van der Waals surface area contributed by atoms with Crippen LogP contribution in [0.3, 0.4) is 0 Å². The van der Waals surface area contributed by atoms with Crippen LogP contribution >= 0.6 is 0 Å². The van der Waals surface area contributed by atoms with E-state index in [1.165, 1.54) is 11.1 Å². The summed E-state index contributed by atoms with van der Waals surface area (Å²) < 4.78 is 0. The van der Waals surface area contributed by atoms with Crippen molar-refractivity contribution in [3.8, 4) is 0 Å². The number of carbonyl (C=O) groups is 2. The topological polar surface area (TPSA) is 55.9 Å². The largest absolute Gasteiger partial charge is 0.338 e. The van der Waals surface area contributed by atoms with Crippen LogP contribution in [-0.2, 0) is 4.79 Å². The van der Waals surface area contributed by atoms with Crippen molar-refractivity contribution in [3.05, 3.63) is 101 Å². The molecule has 0 aromatic heterocycles. The van der Waals surface area contributed by atoms with Crippen LogP contribution in [0.1, 0.15) is 80.7 Å². The van der Waals surface area contributed by atoms with Crippen molar-refractivity contribution in [2.75, 3.05) is 38.0 Å². The van der Waals surface area contributed by atoms with Gasteiger partial charge in [0.1, 0.15) is 6.04 Å². The van der Waals surface area contributed by atoms with Gasteiger partial charge >= 0.3 is 6.03 Å². The number of urea groups is 1. The van der Waals surface area contributed by atoms with Crippen LogP contribution in [0.15, 0.2) is 78.9 Å². The van der Waals surface area contributed by atoms with Crippen LogP contribution < -0.4 is 5.32 Å². The Hall–Kier alpha value is -3.64. The van der Waals surface area contributed by atoms with E-state index >= 15 is 0 Å². The molecule has 0 aliphatic carbocycles. The van der Waals surface area contributed by atoms with E-state index < -0.39 is 6.04 Å². The highest BCUT2D eigenvalue weighted by atomic mass is 16.2. The van der Waals surface area contributed by atoms with E-state index in [1.54, 1.807) is 4.90 Å². The van der Waals surface area contributed by atoms with Crippen molar-refractivity contribution in [3.63, 3.8) is 0 Å². The standard InChI is InChI=1S/C35H44N4O2/c1-25(2)29-17-11-18-30(26(3)4)32(29)36-35(41)39-20-12-19-31(39)34(40)38-23-21-37(22-24-38)33(27-13-7-5-8-14-27)28-15-9-6-10-16-28/h5-11,13-18,25-26,31,33H,12,19-24H2,1-4H3,(H,36,41). The van der Waals surface area contributed by atoms with E-state index in [0.29, 0.717) is 26.1 Å². The highest BCUT2D eigenvalue weighted by Crippen LogP contribution is 2.34. The highest BCUT2D eigenvalue weighted by Gasteiger charge is 2.38. The lowest BCUT2D eigenvalue weighted by Gasteiger charge is -2.41. The van der Waals surface area contributed by atoms with Gasteiger partial charge in [0, 0.05) is 38.4 Å². The van der Waals surface area contributed by atoms with Gasteiger partial charge in [-0.3, -0.25) is 9.69 Å². The maximum atomic E-state index is 13.8. The Kier molecular flexibility index (Phi) is 9.09. The number of likely N-dealkylation sites (tertiary alicyclic amines) is 1. The molecular formula is C35H44N4O2. The Morgan fingerprint density at radius 2 is 1.24 bits per heavy atom. The Morgan fingerprint density at radius 3 is 1.76 bits per heavy atom. The molecule has 216 valence electrons. The van der Waals surface area contributed by atoms with E-state index in [1.807, 2.05) is 4.90 Å². The highest BCUT2D eigenvalue weighted by molar-refractivity contribution is 5.95. The molecule has 3 aromatic carbocycles. The molecular weight excluding hydrogens is 508 g/mol. The first-order valence-corrected chi connectivity index (χ1v) is 15.2. The second-order valence-electron chi connectivity index (χ2n) is 12.0. The van der Waals surface area contributed by atoms with Gasteiger partial charge in [-0.2, -0.15) is 0 Å². The fourth-order valence-electron chi connectivity index (χ4n) is 6.44. The van der Waals surface area contributed by atoms with Gasteiger partial charge in [-0.15, -0.1) is 0 Å². The number of rotatable bonds is 7. The zero-order chi connectivity index (χ0) is 28.9. The first-order valence-electron chi connectivity index (χ1n) is 15.2. The van der Waals surface area contributed by atoms with Crippen LogP contribution in [0.2, 0.25) is 0 Å². The number of nitrogens with one attached hydrogen (secondary N) is 1. The number of para-hydroxylation sites is 1. The van der Waals surface area contributed by atoms with Crippen molar-refractivity contribution >= 4 is 17.6 Å². The lowest BCUT2D eigenvalue weighted by molar-refractivity contribution is -0.137. The van der Waals surface area contributed by atoms with Gasteiger partial charge in [0.05, 0.1) is 6.04 Å². The summed E-state index contributed by atoms with van der Waals surface area (Å²) in [6.07, 6.45) is 1.56. The molecule has 1 N–H and O–H groups in total. The molecule has 6 nitrogen and oxygen atoms in total. The molecule has 5 rings (SSSR count). The Morgan fingerprint density at radius 1 is 0.707 bits per heavy atom. The smallest absolute Gasteiger partial charge is 0.322 e. The summed E-state index contributed by atoms with van der Waals surface area (Å²) in [6, 6.07) is 27.1. The Bertz CT molecular complexity index is 1250. The number of hydrogen-bond acceptors (Lipinski definition) is 3. The summed E-state index contributed by atoms with van der Waals surface area (Å²) in [5.74, 6) is 0.647. The average molecular weight is 553 g/mol. The third-order valence-electron chi connectivity index (χ3n) is 8.63. The van der Waals surface area contributed by atoms with E-state index in [2.05, 4.69) is 117 Å². The zero-order valence-electron chi connectivity index (χ0n) is 24.9. The number of amides is 3. The normalized spacial score (nSPS) is 18.0. The third kappa shape index (κ3) is 6.33. The van der Waals surface area contributed by atoms with Crippen LogP contribution in [-0.4, -0.2) is 65.4 Å². The first-order chi connectivity index (χ1) is 19.8. The predicted molar refractivity (Wildman–Crippen MR) is 166 cm³/mol. The monoisotopic (exact) mass is 552 g/mol. The minimum Gasteiger partial charge on any atom is -0.338 e. The van der Waals surface area contributed by atoms with Crippen LogP contribution in [0.5, 0.6) is 0 Å². The minimum absolute atomic E-state index is 0.0782. The molecule has 2 aliphatic rings. The van der Waals surface area contributed by atoms with Crippen molar-refractivity contribution in [1.29, 1.82) is 0 Å². The van der Waals surface area contributed by atoms with E-state index in [4.69, 9.17) is 0 Å². The van der Waals surface area contributed by atoms with Gasteiger partial charge in [-0.1, -0.05) is 107 Å². The van der Waals surface area contributed by atoms with Gasteiger partial charge < -0.3 is 15.1 Å². The molecule has 2 saturated heterocycles. The SMILES string of the molecule is CC(C)c1cccc(C(C)C)c1NC(=O)N1CCCC1C(=O)N1CCN(C(c2ccccc2)c2ccccc2)CC1. The lowest BCUT2D eigenvalue weighted by atomic mass is 9.93. The van der Waals surface area contributed by atoms with Gasteiger partial charge in [-0.05, 0) is 46.9 Å². The zero-order valence-corrected chi connectivity index (χ0v) is 24.9. The molecule has 2 aliphatic heterocycles. The minimum atomic E-state index is -0.408. The van der Waals surface area contributed by atoms with E-state index in [0.717, 1.165) is 36.3 Å². The number of carbonyl (C=O) groups excluding carboxylic acids is 2. The number of anilines is 1. The summed E-state index contributed by atoms with van der Waals surface area (Å²) in [7, 11) is 0. The molecule has 0 radical (unpaired) electrons. The lowest BCUT2D eigenvalue weighted by Crippen LogP contribution is -2.55. The van der Waals surface area contributed by atoms with Crippen LogP contribution in [0.4, 0.5) is 10.5 Å². The molecule has 1 atom stereocenters. The van der Waals surface area contributed by atoms with Crippen molar-refractivity contribution in [2.45, 2.75) is 64.5 Å². The molecule has 2 heterocycles. The molecule has 0 saturated carbocycles. The molecule has 0 bridgehead atoms. The summed E-state index contributed by atoms with van der Waals surface area (Å²) in [4.78, 5) is 33.7. The molecule has 1 unspecified atom stereocenters. The predicted octanol–water partition coefficient (Wildman–Crippen LogP) is 6.86. The quantitative estimate of drug-likeness (QED) is 0.348. The summed E-state index contributed by atoms with van der Waals surface area (Å²) in [6.45, 7) is 12.1. The third-order valence-corrected chi connectivity index (χ3v) is 8.63. The van der Waals surface area contributed by atoms with Gasteiger partial charge in [0.25, 0.3) is 0 Å². The van der Waals surface area contributed by atoms with E-state index in [-0.39, 0.29) is 29.8 Å². The fourth-order valence-corrected chi connectivity index (χ4v) is 6.44. The maximum Gasteiger partial charge on any atom is 0.322 e. The van der Waals surface area contributed by atoms with Crippen LogP contribution in [0, 0.1) is 0 Å². The fraction of sp³-hybridized carbons (Fsp3) is 0.429. The maximum absolute atomic E-state index is 13.8. The molecule has 2 fully saturated rings. The summed E-state index contributed by atoms with van der Waals surface area (Å²) in [5.41, 5.74) is 5.70. The Balaban J connectivity index is 1.27. The van der Waals surface area contributed by atoms with Crippen LogP contribution in [0.25, 0.3) is 0 Å². The van der Waals surface area contributed by atoms with Crippen molar-refractivity contribution in [1.82, 2.24) is 14.7 Å². The number of benzene rings is 3. The number of nitrogens with zero attached hydrogens (tertiary/aromatic N) is 3. The second kappa shape index (κ2) is 12.9. The van der Waals surface area contributed by atoms with E-state index in [9.17, 15) is 9.59 Å². The van der Waals surface area contributed by atoms with Crippen molar-refractivity contribution < 1.29 is 9.59 Å². The summed E-state index contributed by atoms with van der Waals surface area (Å²) >= 11 is 0. The number of hydrogen-bond donors (Lipinski definition) is 1. The number of piperazine rings is 1. The first kappa shape index (κ1) is 28.9. The van der Waals surface area contributed by atoms with Gasteiger partial charge in [0.2, 0.25) is 5.91 Å².